The van der Waals surface area contributed by atoms with Crippen LogP contribution in [0.25, 0.3) is 0 Å². The molecule has 0 aliphatic heterocycles. The first-order valence-corrected chi connectivity index (χ1v) is 5.64. The van der Waals surface area contributed by atoms with Gasteiger partial charge >= 0.3 is 0 Å². The molecule has 0 radical (unpaired) electrons. The van der Waals surface area contributed by atoms with Crippen molar-refractivity contribution in [2.24, 2.45) is 5.84 Å². The second kappa shape index (κ2) is 4.88. The van der Waals surface area contributed by atoms with Crippen LogP contribution in [0, 0.1) is 0 Å². The average Bonchev–Trinajstić information content (AvgIpc) is 2.12. The molecule has 3 N–H and O–H groups in total. The van der Waals surface area contributed by atoms with Gasteiger partial charge in [-0.1, -0.05) is 69.6 Å². The smallest absolute Gasteiger partial charge is 0.234 e. The van der Waals surface area contributed by atoms with Crippen molar-refractivity contribution in [3.63, 3.8) is 0 Å². The fourth-order valence-corrected chi connectivity index (χ4v) is 1.85. The first kappa shape index (κ1) is 13.7. The van der Waals surface area contributed by atoms with Gasteiger partial charge in [0, 0.05) is 0 Å². The molecule has 84 valence electrons. The predicted molar refractivity (Wildman–Crippen MR) is 66.3 cm³/mol. The molecule has 1 rings (SSSR count). The highest BCUT2D eigenvalue weighted by atomic mass is 35.6. The van der Waals surface area contributed by atoms with Crippen LogP contribution < -0.4 is 11.3 Å². The highest BCUT2D eigenvalue weighted by Crippen LogP contribution is 2.46. The number of hydrogen-bond acceptors (Lipinski definition) is 3. The summed E-state index contributed by atoms with van der Waals surface area (Å²) in [5.74, 6) is 5.22. The van der Waals surface area contributed by atoms with Gasteiger partial charge in [0.2, 0.25) is 3.79 Å². The van der Waals surface area contributed by atoms with Gasteiger partial charge in [-0.15, -0.1) is 0 Å². The van der Waals surface area contributed by atoms with Gasteiger partial charge in [-0.25, -0.2) is 4.98 Å². The Morgan fingerprint density at radius 3 is 2.00 bits per heavy atom. The summed E-state index contributed by atoms with van der Waals surface area (Å²) >= 11 is 34.2. The molecular weight excluding hydrogens is 327 g/mol. The van der Waals surface area contributed by atoms with E-state index in [4.69, 9.17) is 75.4 Å². The predicted octanol–water partition coefficient (Wildman–Crippen LogP) is 4.15. The Labute approximate surface area is 116 Å². The molecule has 0 unspecified atom stereocenters. The van der Waals surface area contributed by atoms with E-state index in [2.05, 4.69) is 10.4 Å². The van der Waals surface area contributed by atoms with E-state index in [-0.39, 0.29) is 26.6 Å². The fraction of sp³-hybridized carbons (Fsp3) is 0.167. The van der Waals surface area contributed by atoms with Crippen LogP contribution in [0.4, 0.5) is 5.69 Å². The molecule has 1 aromatic rings. The summed E-state index contributed by atoms with van der Waals surface area (Å²) in [7, 11) is 0. The van der Waals surface area contributed by atoms with E-state index in [1.54, 1.807) is 0 Å². The topological polar surface area (TPSA) is 50.9 Å². The lowest BCUT2D eigenvalue weighted by Crippen LogP contribution is -2.15. The Kier molecular flexibility index (Phi) is 4.46. The maximum Gasteiger partial charge on any atom is 0.234 e. The van der Waals surface area contributed by atoms with Gasteiger partial charge in [-0.2, -0.15) is 0 Å². The molecule has 0 bridgehead atoms. The largest absolute Gasteiger partial charge is 0.321 e. The van der Waals surface area contributed by atoms with Gasteiger partial charge in [0.25, 0.3) is 0 Å². The lowest BCUT2D eigenvalue weighted by atomic mass is 10.3. The molecule has 1 heterocycles. The normalized spacial score (nSPS) is 11.7. The number of nitrogens with one attached hydrogen (secondary N) is 1. The van der Waals surface area contributed by atoms with Crippen molar-refractivity contribution in [3.05, 3.63) is 20.9 Å². The van der Waals surface area contributed by atoms with Crippen molar-refractivity contribution < 1.29 is 0 Å². The Bertz CT molecular complexity index is 387. The quantitative estimate of drug-likeness (QED) is 0.352. The van der Waals surface area contributed by atoms with Crippen LogP contribution in [0.3, 0.4) is 0 Å². The van der Waals surface area contributed by atoms with Gasteiger partial charge in [0.05, 0.1) is 15.7 Å². The van der Waals surface area contributed by atoms with Crippen LogP contribution in [0.15, 0.2) is 0 Å². The number of pyridine rings is 1. The van der Waals surface area contributed by atoms with Crippen molar-refractivity contribution in [1.29, 1.82) is 0 Å². The van der Waals surface area contributed by atoms with Gasteiger partial charge in [-0.3, -0.25) is 5.84 Å². The molecule has 0 amide bonds. The number of nitrogens with zero attached hydrogens (tertiary/aromatic N) is 1. The number of rotatable bonds is 1. The van der Waals surface area contributed by atoms with E-state index in [1.165, 1.54) is 0 Å². The van der Waals surface area contributed by atoms with Crippen molar-refractivity contribution >= 4 is 75.3 Å². The minimum Gasteiger partial charge on any atom is -0.321 e. The Morgan fingerprint density at radius 2 is 1.60 bits per heavy atom. The van der Waals surface area contributed by atoms with E-state index in [0.717, 1.165) is 0 Å². The highest BCUT2D eigenvalue weighted by Gasteiger charge is 2.31. The maximum atomic E-state index is 5.84. The summed E-state index contributed by atoms with van der Waals surface area (Å²) in [6.45, 7) is 0. The Hall–Kier alpha value is 0.650. The zero-order valence-corrected chi connectivity index (χ0v) is 11.3. The van der Waals surface area contributed by atoms with Crippen molar-refractivity contribution in [1.82, 2.24) is 4.98 Å². The number of nitrogen functional groups attached to an aromatic ring is 1. The van der Waals surface area contributed by atoms with Gasteiger partial charge in [-0.05, 0) is 0 Å². The molecule has 15 heavy (non-hydrogen) atoms. The molecule has 0 saturated heterocycles. The van der Waals surface area contributed by atoms with Crippen LogP contribution in [-0.2, 0) is 3.79 Å². The fourth-order valence-electron chi connectivity index (χ4n) is 0.844. The van der Waals surface area contributed by atoms with Crippen molar-refractivity contribution in [2.75, 3.05) is 5.43 Å². The first-order valence-electron chi connectivity index (χ1n) is 3.37. The summed E-state index contributed by atoms with van der Waals surface area (Å²) in [5, 5.41) is 0.00627. The summed E-state index contributed by atoms with van der Waals surface area (Å²) in [6.07, 6.45) is 0. The Balaban J connectivity index is 3.53. The van der Waals surface area contributed by atoms with Crippen LogP contribution in [0.5, 0.6) is 0 Å². The number of alkyl halides is 3. The molecule has 0 aliphatic carbocycles. The second-order valence-corrected chi connectivity index (χ2v) is 5.79. The number of halogens is 6. The summed E-state index contributed by atoms with van der Waals surface area (Å²) < 4.78 is -1.81. The van der Waals surface area contributed by atoms with E-state index < -0.39 is 3.79 Å². The molecule has 9 heteroatoms. The number of aromatic nitrogens is 1. The van der Waals surface area contributed by atoms with Gasteiger partial charge in [0.15, 0.2) is 0 Å². The van der Waals surface area contributed by atoms with Crippen LogP contribution in [0.1, 0.15) is 5.69 Å². The number of hydrazine groups is 1. The summed E-state index contributed by atoms with van der Waals surface area (Å²) in [5.41, 5.74) is 2.35. The van der Waals surface area contributed by atoms with Crippen LogP contribution in [-0.4, -0.2) is 4.98 Å². The Morgan fingerprint density at radius 1 is 1.07 bits per heavy atom. The third kappa shape index (κ3) is 2.86. The van der Waals surface area contributed by atoms with E-state index in [1.807, 2.05) is 0 Å². The molecule has 0 saturated carbocycles. The molecule has 3 nitrogen and oxygen atoms in total. The molecule has 0 fully saturated rings. The van der Waals surface area contributed by atoms with E-state index in [0.29, 0.717) is 0 Å². The van der Waals surface area contributed by atoms with Crippen LogP contribution >= 0.6 is 69.6 Å². The van der Waals surface area contributed by atoms with E-state index >= 15 is 0 Å². The van der Waals surface area contributed by atoms with Crippen molar-refractivity contribution in [2.45, 2.75) is 3.79 Å². The van der Waals surface area contributed by atoms with Gasteiger partial charge < -0.3 is 5.43 Å². The third-order valence-corrected chi connectivity index (χ3v) is 3.20. The number of nitrogens with two attached hydrogens (primary N) is 1. The molecule has 0 aromatic carbocycles. The third-order valence-electron chi connectivity index (χ3n) is 1.45. The molecule has 0 atom stereocenters. The minimum atomic E-state index is -1.81. The highest BCUT2D eigenvalue weighted by molar-refractivity contribution is 6.67. The van der Waals surface area contributed by atoms with Crippen molar-refractivity contribution in [3.8, 4) is 0 Å². The van der Waals surface area contributed by atoms with Gasteiger partial charge in [0.1, 0.15) is 10.8 Å². The second-order valence-electron chi connectivity index (χ2n) is 2.40. The lowest BCUT2D eigenvalue weighted by Gasteiger charge is -2.17. The number of hydrogen-bond donors (Lipinski definition) is 2. The zero-order chi connectivity index (χ0) is 11.8. The summed E-state index contributed by atoms with van der Waals surface area (Å²) in [4.78, 5) is 3.79. The van der Waals surface area contributed by atoms with Crippen LogP contribution in [0.2, 0.25) is 15.2 Å². The van der Waals surface area contributed by atoms with E-state index in [9.17, 15) is 0 Å². The molecule has 1 aromatic heterocycles. The first-order chi connectivity index (χ1) is 6.79. The average molecular weight is 330 g/mol. The monoisotopic (exact) mass is 327 g/mol. The molecule has 0 aliphatic rings. The molecular formula is C6H3Cl6N3. The standard InChI is InChI=1S/C6H3Cl6N3/c7-1-2(8)5(9)14-4(3(1)15-13)6(10,11)12/h15H,13H2. The lowest BCUT2D eigenvalue weighted by molar-refractivity contribution is 1.08. The number of anilines is 1. The maximum absolute atomic E-state index is 5.84. The minimum absolute atomic E-state index is 0.0191. The summed E-state index contributed by atoms with van der Waals surface area (Å²) in [6, 6.07) is 0. The zero-order valence-electron chi connectivity index (χ0n) is 6.79. The SMILES string of the molecule is NNc1c(C(Cl)(Cl)Cl)nc(Cl)c(Cl)c1Cl. The molecule has 0 spiro atoms.